The summed E-state index contributed by atoms with van der Waals surface area (Å²) in [5.41, 5.74) is 0.676. The summed E-state index contributed by atoms with van der Waals surface area (Å²) in [6, 6.07) is 19.4. The van der Waals surface area contributed by atoms with Crippen LogP contribution in [0.15, 0.2) is 66.7 Å². The number of piperazine rings is 1. The summed E-state index contributed by atoms with van der Waals surface area (Å²) >= 11 is 0. The summed E-state index contributed by atoms with van der Waals surface area (Å²) in [4.78, 5) is 16.7. The Balaban J connectivity index is 1.29. The number of nitrogens with one attached hydrogen (secondary N) is 1. The Labute approximate surface area is 179 Å². The summed E-state index contributed by atoms with van der Waals surface area (Å²) in [5.74, 6) is -0.304. The Bertz CT molecular complexity index is 1050. The molecule has 1 heterocycles. The lowest BCUT2D eigenvalue weighted by Crippen LogP contribution is -2.48. The molecule has 0 atom stereocenters. The molecule has 7 heteroatoms. The van der Waals surface area contributed by atoms with Gasteiger partial charge >= 0.3 is 6.18 Å². The lowest BCUT2D eigenvalue weighted by molar-refractivity contribution is -0.137. The molecule has 4 rings (SSSR count). The van der Waals surface area contributed by atoms with Crippen molar-refractivity contribution in [3.8, 4) is 0 Å². The molecule has 1 aliphatic rings. The van der Waals surface area contributed by atoms with Crippen LogP contribution in [-0.4, -0.2) is 48.4 Å². The fraction of sp³-hybridized carbons (Fsp3) is 0.292. The first-order chi connectivity index (χ1) is 14.9. The second-order valence-corrected chi connectivity index (χ2v) is 7.82. The van der Waals surface area contributed by atoms with E-state index < -0.39 is 11.7 Å². The van der Waals surface area contributed by atoms with Crippen molar-refractivity contribution in [1.29, 1.82) is 0 Å². The summed E-state index contributed by atoms with van der Waals surface area (Å²) in [6.07, 6.45) is -4.43. The van der Waals surface area contributed by atoms with Gasteiger partial charge < -0.3 is 5.32 Å². The smallest absolute Gasteiger partial charge is 0.325 e. The number of amides is 1. The maximum absolute atomic E-state index is 12.8. The minimum absolute atomic E-state index is 0.161. The van der Waals surface area contributed by atoms with Crippen molar-refractivity contribution in [3.63, 3.8) is 0 Å². The maximum Gasteiger partial charge on any atom is 0.416 e. The van der Waals surface area contributed by atoms with Crippen LogP contribution in [0.5, 0.6) is 0 Å². The predicted molar refractivity (Wildman–Crippen MR) is 116 cm³/mol. The molecule has 162 valence electrons. The molecule has 0 radical (unpaired) electrons. The number of anilines is 1. The molecule has 3 aromatic carbocycles. The van der Waals surface area contributed by atoms with E-state index in [1.165, 1.54) is 28.5 Å². The van der Waals surface area contributed by atoms with Crippen LogP contribution >= 0.6 is 0 Å². The Kier molecular flexibility index (Phi) is 6.25. The first-order valence-corrected chi connectivity index (χ1v) is 10.3. The molecule has 1 saturated heterocycles. The third-order valence-electron chi connectivity index (χ3n) is 5.58. The Hall–Kier alpha value is -2.90. The van der Waals surface area contributed by atoms with Gasteiger partial charge in [0.2, 0.25) is 5.91 Å². The fourth-order valence-electron chi connectivity index (χ4n) is 3.95. The summed E-state index contributed by atoms with van der Waals surface area (Å²) in [5, 5.41) is 5.06. The molecule has 0 unspecified atom stereocenters. The van der Waals surface area contributed by atoms with Gasteiger partial charge in [-0.2, -0.15) is 13.2 Å². The molecule has 1 aliphatic heterocycles. The first-order valence-electron chi connectivity index (χ1n) is 10.3. The minimum atomic E-state index is -4.43. The first kappa shape index (κ1) is 21.3. The highest BCUT2D eigenvalue weighted by molar-refractivity contribution is 5.92. The van der Waals surface area contributed by atoms with E-state index in [1.54, 1.807) is 0 Å². The summed E-state index contributed by atoms with van der Waals surface area (Å²) in [7, 11) is 0. The molecule has 3 aromatic rings. The van der Waals surface area contributed by atoms with E-state index in [1.807, 2.05) is 17.0 Å². The molecule has 4 nitrogen and oxygen atoms in total. The van der Waals surface area contributed by atoms with E-state index >= 15 is 0 Å². The van der Waals surface area contributed by atoms with Crippen LogP contribution in [0.25, 0.3) is 10.8 Å². The molecule has 0 aliphatic carbocycles. The van der Waals surface area contributed by atoms with Crippen molar-refractivity contribution in [3.05, 3.63) is 77.9 Å². The standard InChI is InChI=1S/C24H24F3N3O/c25-24(26,27)20-8-4-9-21(15-20)28-23(31)17-30-13-11-29(12-14-30)16-19-7-3-6-18-5-1-2-10-22(18)19/h1-10,15H,11-14,16-17H2,(H,28,31). The number of benzene rings is 3. The third-order valence-corrected chi connectivity index (χ3v) is 5.58. The number of hydrogen-bond acceptors (Lipinski definition) is 3. The SMILES string of the molecule is O=C(CN1CCN(Cc2cccc3ccccc23)CC1)Nc1cccc(C(F)(F)F)c1. The average Bonchev–Trinajstić information content (AvgIpc) is 2.75. The molecule has 31 heavy (non-hydrogen) atoms. The zero-order chi connectivity index (χ0) is 21.8. The zero-order valence-electron chi connectivity index (χ0n) is 17.0. The van der Waals surface area contributed by atoms with Gasteiger partial charge in [0.05, 0.1) is 12.1 Å². The molecule has 0 spiro atoms. The van der Waals surface area contributed by atoms with Crippen molar-refractivity contribution in [1.82, 2.24) is 9.80 Å². The normalized spacial score (nSPS) is 15.8. The van der Waals surface area contributed by atoms with Gasteiger partial charge in [-0.25, -0.2) is 0 Å². The van der Waals surface area contributed by atoms with E-state index in [2.05, 4.69) is 40.5 Å². The molecule has 1 N–H and O–H groups in total. The maximum atomic E-state index is 12.8. The van der Waals surface area contributed by atoms with E-state index in [4.69, 9.17) is 0 Å². The number of carbonyl (C=O) groups is 1. The highest BCUT2D eigenvalue weighted by Crippen LogP contribution is 2.30. The number of alkyl halides is 3. The Morgan fingerprint density at radius 3 is 2.32 bits per heavy atom. The van der Waals surface area contributed by atoms with Crippen molar-refractivity contribution >= 4 is 22.4 Å². The highest BCUT2D eigenvalue weighted by atomic mass is 19.4. The monoisotopic (exact) mass is 427 g/mol. The lowest BCUT2D eigenvalue weighted by atomic mass is 10.0. The number of fused-ring (bicyclic) bond motifs is 1. The Morgan fingerprint density at radius 1 is 0.871 bits per heavy atom. The van der Waals surface area contributed by atoms with Gasteiger partial charge in [0.1, 0.15) is 0 Å². The van der Waals surface area contributed by atoms with Gasteiger partial charge in [-0.3, -0.25) is 14.6 Å². The van der Waals surface area contributed by atoms with Crippen molar-refractivity contribution < 1.29 is 18.0 Å². The third kappa shape index (κ3) is 5.42. The van der Waals surface area contributed by atoms with Gasteiger partial charge in [-0.1, -0.05) is 48.5 Å². The van der Waals surface area contributed by atoms with Crippen LogP contribution in [0.3, 0.4) is 0 Å². The van der Waals surface area contributed by atoms with Crippen LogP contribution in [0.1, 0.15) is 11.1 Å². The zero-order valence-corrected chi connectivity index (χ0v) is 17.0. The van der Waals surface area contributed by atoms with E-state index in [9.17, 15) is 18.0 Å². The number of carbonyl (C=O) groups excluding carboxylic acids is 1. The molecule has 0 aromatic heterocycles. The number of halogens is 3. The van der Waals surface area contributed by atoms with Gasteiger partial charge in [0.15, 0.2) is 0 Å². The van der Waals surface area contributed by atoms with Crippen LogP contribution in [0.2, 0.25) is 0 Å². The second kappa shape index (κ2) is 9.08. The number of nitrogens with zero attached hydrogens (tertiary/aromatic N) is 2. The van der Waals surface area contributed by atoms with Gasteiger partial charge in [-0.15, -0.1) is 0 Å². The fourth-order valence-corrected chi connectivity index (χ4v) is 3.95. The van der Waals surface area contributed by atoms with Crippen molar-refractivity contribution in [2.24, 2.45) is 0 Å². The van der Waals surface area contributed by atoms with Crippen molar-refractivity contribution in [2.75, 3.05) is 38.0 Å². The van der Waals surface area contributed by atoms with Crippen LogP contribution in [-0.2, 0) is 17.5 Å². The molecule has 1 amide bonds. The summed E-state index contributed by atoms with van der Waals surface area (Å²) in [6.45, 7) is 4.16. The molecular weight excluding hydrogens is 403 g/mol. The Morgan fingerprint density at radius 2 is 1.55 bits per heavy atom. The summed E-state index contributed by atoms with van der Waals surface area (Å²) < 4.78 is 38.5. The quantitative estimate of drug-likeness (QED) is 0.646. The lowest BCUT2D eigenvalue weighted by Gasteiger charge is -2.34. The van der Waals surface area contributed by atoms with Crippen molar-refractivity contribution in [2.45, 2.75) is 12.7 Å². The van der Waals surface area contributed by atoms with Gasteiger partial charge in [-0.05, 0) is 34.5 Å². The van der Waals surface area contributed by atoms with E-state index in [0.29, 0.717) is 0 Å². The number of rotatable bonds is 5. The molecule has 1 fully saturated rings. The average molecular weight is 427 g/mol. The topological polar surface area (TPSA) is 35.6 Å². The van der Waals surface area contributed by atoms with E-state index in [0.717, 1.165) is 44.9 Å². The minimum Gasteiger partial charge on any atom is -0.325 e. The van der Waals surface area contributed by atoms with Gasteiger partial charge in [0, 0.05) is 38.4 Å². The largest absolute Gasteiger partial charge is 0.416 e. The van der Waals surface area contributed by atoms with Crippen LogP contribution < -0.4 is 5.32 Å². The van der Waals surface area contributed by atoms with Gasteiger partial charge in [0.25, 0.3) is 0 Å². The van der Waals surface area contributed by atoms with Crippen LogP contribution in [0, 0.1) is 0 Å². The highest BCUT2D eigenvalue weighted by Gasteiger charge is 2.30. The molecule has 0 bridgehead atoms. The van der Waals surface area contributed by atoms with E-state index in [-0.39, 0.29) is 18.1 Å². The predicted octanol–water partition coefficient (Wildman–Crippen LogP) is 4.61. The second-order valence-electron chi connectivity index (χ2n) is 7.82. The van der Waals surface area contributed by atoms with Crippen LogP contribution in [0.4, 0.5) is 18.9 Å². The molecular formula is C24H24F3N3O. The number of hydrogen-bond donors (Lipinski definition) is 1. The molecule has 0 saturated carbocycles.